The van der Waals surface area contributed by atoms with Crippen LogP contribution in [0, 0.1) is 24.0 Å². The quantitative estimate of drug-likeness (QED) is 0.334. The van der Waals surface area contributed by atoms with Gasteiger partial charge in [-0.15, -0.1) is 0 Å². The zero-order valence-electron chi connectivity index (χ0n) is 16.7. The maximum atomic E-state index is 12.8. The molecule has 0 atom stereocenters. The van der Waals surface area contributed by atoms with Gasteiger partial charge in [0.05, 0.1) is 15.5 Å². The molecule has 0 aliphatic carbocycles. The third kappa shape index (κ3) is 4.86. The lowest BCUT2D eigenvalue weighted by Gasteiger charge is -2.13. The standard InChI is InChI=1S/C19H18N4O6S2/c1-12-6-4-7-13(2)18(12)16-11-17(30(3,26)27)21-19(20-16)22-31(28,29)15-9-5-8-14(10-15)23(24)25/h4-11H,1-3H3,(H,20,21,22). The molecule has 0 bridgehead atoms. The van der Waals surface area contributed by atoms with E-state index >= 15 is 0 Å². The Hall–Kier alpha value is -3.38. The molecule has 162 valence electrons. The molecule has 10 nitrogen and oxygen atoms in total. The first-order valence-electron chi connectivity index (χ1n) is 8.81. The van der Waals surface area contributed by atoms with E-state index in [9.17, 15) is 26.9 Å². The van der Waals surface area contributed by atoms with Gasteiger partial charge in [0.1, 0.15) is 0 Å². The van der Waals surface area contributed by atoms with Crippen molar-refractivity contribution < 1.29 is 21.8 Å². The highest BCUT2D eigenvalue weighted by Gasteiger charge is 2.22. The molecule has 0 saturated carbocycles. The number of nitro benzene ring substituents is 1. The summed E-state index contributed by atoms with van der Waals surface area (Å²) in [5.41, 5.74) is 2.08. The van der Waals surface area contributed by atoms with Crippen LogP contribution in [0.4, 0.5) is 11.6 Å². The lowest BCUT2D eigenvalue weighted by molar-refractivity contribution is -0.385. The molecule has 0 amide bonds. The first-order chi connectivity index (χ1) is 14.4. The molecule has 0 radical (unpaired) electrons. The summed E-state index contributed by atoms with van der Waals surface area (Å²) in [5, 5.41) is 10.6. The number of nitrogens with zero attached hydrogens (tertiary/aromatic N) is 3. The van der Waals surface area contributed by atoms with Crippen LogP contribution in [-0.4, -0.2) is 38.0 Å². The van der Waals surface area contributed by atoms with Crippen molar-refractivity contribution >= 4 is 31.5 Å². The van der Waals surface area contributed by atoms with Gasteiger partial charge < -0.3 is 0 Å². The van der Waals surface area contributed by atoms with Gasteiger partial charge in [0.2, 0.25) is 5.95 Å². The van der Waals surface area contributed by atoms with Crippen LogP contribution in [-0.2, 0) is 19.9 Å². The predicted molar refractivity (Wildman–Crippen MR) is 114 cm³/mol. The third-order valence-electron chi connectivity index (χ3n) is 4.38. The minimum absolute atomic E-state index is 0.225. The van der Waals surface area contributed by atoms with Gasteiger partial charge >= 0.3 is 0 Å². The van der Waals surface area contributed by atoms with E-state index in [-0.39, 0.29) is 15.6 Å². The highest BCUT2D eigenvalue weighted by Crippen LogP contribution is 2.28. The zero-order valence-corrected chi connectivity index (χ0v) is 18.4. The van der Waals surface area contributed by atoms with Crippen molar-refractivity contribution in [2.45, 2.75) is 23.8 Å². The molecule has 31 heavy (non-hydrogen) atoms. The minimum Gasteiger partial charge on any atom is -0.258 e. The van der Waals surface area contributed by atoms with Crippen molar-refractivity contribution in [2.75, 3.05) is 11.0 Å². The monoisotopic (exact) mass is 462 g/mol. The number of hydrogen-bond acceptors (Lipinski definition) is 8. The Morgan fingerprint density at radius 1 is 0.935 bits per heavy atom. The predicted octanol–water partition coefficient (Wildman–Crippen LogP) is 2.87. The van der Waals surface area contributed by atoms with E-state index in [0.29, 0.717) is 5.56 Å². The summed E-state index contributed by atoms with van der Waals surface area (Å²) >= 11 is 0. The van der Waals surface area contributed by atoms with E-state index in [1.807, 2.05) is 32.0 Å². The van der Waals surface area contributed by atoms with Crippen LogP contribution < -0.4 is 4.72 Å². The SMILES string of the molecule is Cc1cccc(C)c1-c1cc(S(C)(=O)=O)nc(NS(=O)(=O)c2cccc([N+](=O)[O-])c2)n1. The highest BCUT2D eigenvalue weighted by molar-refractivity contribution is 7.92. The molecule has 0 spiro atoms. The smallest absolute Gasteiger partial charge is 0.258 e. The average molecular weight is 463 g/mol. The number of sulfone groups is 1. The molecule has 0 saturated heterocycles. The number of nitro groups is 1. The number of aromatic nitrogens is 2. The van der Waals surface area contributed by atoms with Gasteiger partial charge in [0.25, 0.3) is 15.7 Å². The van der Waals surface area contributed by atoms with Crippen LogP contribution in [0.15, 0.2) is 58.5 Å². The Balaban J connectivity index is 2.15. The summed E-state index contributed by atoms with van der Waals surface area (Å²) in [6, 6.07) is 11.2. The summed E-state index contributed by atoms with van der Waals surface area (Å²) in [5.74, 6) is -0.466. The van der Waals surface area contributed by atoms with Crippen LogP contribution in [0.25, 0.3) is 11.3 Å². The summed E-state index contributed by atoms with van der Waals surface area (Å²) < 4.78 is 51.9. The van der Waals surface area contributed by atoms with Crippen molar-refractivity contribution in [1.29, 1.82) is 0 Å². The number of benzene rings is 2. The third-order valence-corrected chi connectivity index (χ3v) is 6.68. The maximum absolute atomic E-state index is 12.8. The number of aryl methyl sites for hydroxylation is 2. The van der Waals surface area contributed by atoms with E-state index in [0.717, 1.165) is 29.5 Å². The number of nitrogens with one attached hydrogen (secondary N) is 1. The molecule has 1 heterocycles. The molecule has 1 N–H and O–H groups in total. The Bertz CT molecular complexity index is 1380. The summed E-state index contributed by atoms with van der Waals surface area (Å²) in [6.45, 7) is 3.63. The maximum Gasteiger partial charge on any atom is 0.270 e. The van der Waals surface area contributed by atoms with Crippen molar-refractivity contribution in [3.05, 3.63) is 69.8 Å². The van der Waals surface area contributed by atoms with Gasteiger partial charge in [0, 0.05) is 30.0 Å². The fourth-order valence-electron chi connectivity index (χ4n) is 2.95. The number of rotatable bonds is 6. The number of non-ortho nitro benzene ring substituents is 1. The van der Waals surface area contributed by atoms with Gasteiger partial charge in [-0.25, -0.2) is 31.5 Å². The van der Waals surface area contributed by atoms with Crippen LogP contribution in [0.2, 0.25) is 0 Å². The molecule has 3 aromatic rings. The molecule has 0 aliphatic heterocycles. The largest absolute Gasteiger partial charge is 0.270 e. The summed E-state index contributed by atoms with van der Waals surface area (Å²) in [4.78, 5) is 17.9. The van der Waals surface area contributed by atoms with Crippen molar-refractivity contribution in [3.8, 4) is 11.3 Å². The Labute approximate surface area is 179 Å². The first kappa shape index (κ1) is 22.3. The molecule has 0 unspecified atom stereocenters. The lowest BCUT2D eigenvalue weighted by Crippen LogP contribution is -2.17. The molecular formula is C19H18N4O6S2. The summed E-state index contributed by atoms with van der Waals surface area (Å²) in [6.07, 6.45) is 0.947. The van der Waals surface area contributed by atoms with E-state index in [1.165, 1.54) is 18.2 Å². The van der Waals surface area contributed by atoms with Gasteiger partial charge in [-0.3, -0.25) is 10.1 Å². The van der Waals surface area contributed by atoms with E-state index in [1.54, 1.807) is 0 Å². The van der Waals surface area contributed by atoms with Crippen LogP contribution >= 0.6 is 0 Å². The zero-order chi connectivity index (χ0) is 23.0. The number of anilines is 1. The molecule has 12 heteroatoms. The fourth-order valence-corrected chi connectivity index (χ4v) is 4.51. The van der Waals surface area contributed by atoms with Gasteiger partial charge in [0.15, 0.2) is 14.9 Å². The molecular weight excluding hydrogens is 444 g/mol. The van der Waals surface area contributed by atoms with Crippen LogP contribution in [0.5, 0.6) is 0 Å². The summed E-state index contributed by atoms with van der Waals surface area (Å²) in [7, 11) is -8.12. The molecule has 1 aromatic heterocycles. The van der Waals surface area contributed by atoms with Gasteiger partial charge in [-0.1, -0.05) is 24.3 Å². The van der Waals surface area contributed by atoms with Crippen molar-refractivity contribution in [3.63, 3.8) is 0 Å². The Morgan fingerprint density at radius 2 is 1.55 bits per heavy atom. The van der Waals surface area contributed by atoms with Gasteiger partial charge in [-0.2, -0.15) is 0 Å². The Morgan fingerprint density at radius 3 is 2.13 bits per heavy atom. The van der Waals surface area contributed by atoms with E-state index in [4.69, 9.17) is 0 Å². The highest BCUT2D eigenvalue weighted by atomic mass is 32.2. The average Bonchev–Trinajstić information content (AvgIpc) is 2.67. The van der Waals surface area contributed by atoms with Crippen LogP contribution in [0.3, 0.4) is 0 Å². The molecule has 2 aromatic carbocycles. The number of hydrogen-bond donors (Lipinski definition) is 1. The number of sulfonamides is 1. The van der Waals surface area contributed by atoms with Crippen LogP contribution in [0.1, 0.15) is 11.1 Å². The van der Waals surface area contributed by atoms with E-state index < -0.39 is 36.4 Å². The second-order valence-corrected chi connectivity index (χ2v) is 10.5. The van der Waals surface area contributed by atoms with Gasteiger partial charge in [-0.05, 0) is 31.0 Å². The second-order valence-electron chi connectivity index (χ2n) is 6.81. The van der Waals surface area contributed by atoms with E-state index in [2.05, 4.69) is 14.7 Å². The van der Waals surface area contributed by atoms with Crippen molar-refractivity contribution in [1.82, 2.24) is 9.97 Å². The normalized spacial score (nSPS) is 11.8. The molecule has 0 fully saturated rings. The second kappa shape index (κ2) is 8.04. The lowest BCUT2D eigenvalue weighted by atomic mass is 10.00. The topological polar surface area (TPSA) is 149 Å². The first-order valence-corrected chi connectivity index (χ1v) is 12.2. The Kier molecular flexibility index (Phi) is 5.79. The van der Waals surface area contributed by atoms with Crippen molar-refractivity contribution in [2.24, 2.45) is 0 Å². The molecule has 0 aliphatic rings. The fraction of sp³-hybridized carbons (Fsp3) is 0.158. The molecule has 3 rings (SSSR count). The minimum atomic E-state index is -4.33.